The van der Waals surface area contributed by atoms with Gasteiger partial charge in [0, 0.05) is 11.9 Å². The van der Waals surface area contributed by atoms with E-state index in [4.69, 9.17) is 5.11 Å². The van der Waals surface area contributed by atoms with E-state index in [-0.39, 0.29) is 0 Å². The standard InChI is InChI=1S/C11H21BrO/c12-10-8-6-4-2-1-3-5-7-9-11-13/h6,8,13H,1-5,7,9-11H2. The minimum absolute atomic E-state index is 0.355. The lowest BCUT2D eigenvalue weighted by atomic mass is 10.1. The number of hydrogen-bond donors (Lipinski definition) is 1. The van der Waals surface area contributed by atoms with Crippen molar-refractivity contribution in [3.63, 3.8) is 0 Å². The van der Waals surface area contributed by atoms with Crippen molar-refractivity contribution >= 4 is 15.9 Å². The smallest absolute Gasteiger partial charge is 0.0431 e. The highest BCUT2D eigenvalue weighted by Gasteiger charge is 1.89. The normalized spacial score (nSPS) is 11.2. The van der Waals surface area contributed by atoms with Crippen LogP contribution in [0.3, 0.4) is 0 Å². The molecule has 0 fully saturated rings. The number of unbranched alkanes of at least 4 members (excludes halogenated alkanes) is 6. The summed E-state index contributed by atoms with van der Waals surface area (Å²) < 4.78 is 0. The van der Waals surface area contributed by atoms with Crippen LogP contribution in [0.4, 0.5) is 0 Å². The first kappa shape index (κ1) is 13.2. The first-order valence-corrected chi connectivity index (χ1v) is 6.35. The zero-order valence-corrected chi connectivity index (χ0v) is 9.93. The second-order valence-electron chi connectivity index (χ2n) is 3.26. The van der Waals surface area contributed by atoms with Gasteiger partial charge in [0.15, 0.2) is 0 Å². The molecule has 0 spiro atoms. The van der Waals surface area contributed by atoms with Gasteiger partial charge in [-0.05, 0) is 19.3 Å². The predicted molar refractivity (Wildman–Crippen MR) is 62.3 cm³/mol. The van der Waals surface area contributed by atoms with Crippen molar-refractivity contribution in [2.75, 3.05) is 11.9 Å². The Bertz CT molecular complexity index is 113. The van der Waals surface area contributed by atoms with Gasteiger partial charge < -0.3 is 5.11 Å². The number of alkyl halides is 1. The molecule has 1 N–H and O–H groups in total. The van der Waals surface area contributed by atoms with Crippen molar-refractivity contribution < 1.29 is 5.11 Å². The van der Waals surface area contributed by atoms with Gasteiger partial charge in [-0.3, -0.25) is 0 Å². The van der Waals surface area contributed by atoms with Crippen LogP contribution in [0.5, 0.6) is 0 Å². The Morgan fingerprint density at radius 1 is 0.846 bits per heavy atom. The minimum atomic E-state index is 0.355. The predicted octanol–water partition coefficient (Wildman–Crippen LogP) is 3.66. The van der Waals surface area contributed by atoms with Gasteiger partial charge in [-0.2, -0.15) is 0 Å². The van der Waals surface area contributed by atoms with Gasteiger partial charge in [0.1, 0.15) is 0 Å². The van der Waals surface area contributed by atoms with Crippen LogP contribution in [0.15, 0.2) is 12.2 Å². The lowest BCUT2D eigenvalue weighted by molar-refractivity contribution is 0.282. The van der Waals surface area contributed by atoms with Crippen LogP contribution in [0.1, 0.15) is 44.9 Å². The van der Waals surface area contributed by atoms with Crippen LogP contribution in [0.2, 0.25) is 0 Å². The Labute approximate surface area is 90.4 Å². The maximum Gasteiger partial charge on any atom is 0.0431 e. The van der Waals surface area contributed by atoms with Crippen LogP contribution < -0.4 is 0 Å². The average molecular weight is 249 g/mol. The number of allylic oxidation sites excluding steroid dienone is 2. The molecule has 13 heavy (non-hydrogen) atoms. The quantitative estimate of drug-likeness (QED) is 0.375. The maximum atomic E-state index is 8.55. The Morgan fingerprint density at radius 3 is 2.08 bits per heavy atom. The maximum absolute atomic E-state index is 8.55. The summed E-state index contributed by atoms with van der Waals surface area (Å²) in [5, 5.41) is 9.53. The monoisotopic (exact) mass is 248 g/mol. The van der Waals surface area contributed by atoms with E-state index in [1.54, 1.807) is 0 Å². The summed E-state index contributed by atoms with van der Waals surface area (Å²) in [7, 11) is 0. The molecule has 0 aromatic carbocycles. The highest BCUT2D eigenvalue weighted by Crippen LogP contribution is 2.07. The third-order valence-electron chi connectivity index (χ3n) is 2.03. The molecule has 0 saturated heterocycles. The van der Waals surface area contributed by atoms with Crippen molar-refractivity contribution in [2.24, 2.45) is 0 Å². The van der Waals surface area contributed by atoms with Gasteiger partial charge in [0.2, 0.25) is 0 Å². The summed E-state index contributed by atoms with van der Waals surface area (Å²) >= 11 is 3.35. The number of aliphatic hydroxyl groups excluding tert-OH is 1. The van der Waals surface area contributed by atoms with Crippen molar-refractivity contribution in [1.29, 1.82) is 0 Å². The van der Waals surface area contributed by atoms with E-state index in [0.29, 0.717) is 6.61 Å². The Kier molecular flexibility index (Phi) is 12.3. The molecular weight excluding hydrogens is 228 g/mol. The van der Waals surface area contributed by atoms with Crippen LogP contribution in [0.25, 0.3) is 0 Å². The van der Waals surface area contributed by atoms with E-state index in [0.717, 1.165) is 11.8 Å². The van der Waals surface area contributed by atoms with E-state index < -0.39 is 0 Å². The third kappa shape index (κ3) is 12.2. The van der Waals surface area contributed by atoms with E-state index in [1.165, 1.54) is 38.5 Å². The molecule has 0 aliphatic heterocycles. The van der Waals surface area contributed by atoms with Crippen molar-refractivity contribution in [2.45, 2.75) is 44.9 Å². The molecule has 0 aromatic rings. The number of hydrogen-bond acceptors (Lipinski definition) is 1. The number of rotatable bonds is 9. The summed E-state index contributed by atoms with van der Waals surface area (Å²) in [4.78, 5) is 0. The number of halogens is 1. The van der Waals surface area contributed by atoms with Crippen LogP contribution >= 0.6 is 15.9 Å². The topological polar surface area (TPSA) is 20.2 Å². The fourth-order valence-corrected chi connectivity index (χ4v) is 1.53. The van der Waals surface area contributed by atoms with Gasteiger partial charge >= 0.3 is 0 Å². The van der Waals surface area contributed by atoms with Crippen molar-refractivity contribution in [3.05, 3.63) is 12.2 Å². The molecule has 0 bridgehead atoms. The third-order valence-corrected chi connectivity index (χ3v) is 2.41. The van der Waals surface area contributed by atoms with Crippen molar-refractivity contribution in [1.82, 2.24) is 0 Å². The Balaban J connectivity index is 2.87. The van der Waals surface area contributed by atoms with E-state index >= 15 is 0 Å². The molecular formula is C11H21BrO. The SMILES string of the molecule is OCCCCCCCCC=CCBr. The van der Waals surface area contributed by atoms with E-state index in [9.17, 15) is 0 Å². The zero-order valence-electron chi connectivity index (χ0n) is 8.34. The second-order valence-corrected chi connectivity index (χ2v) is 3.91. The highest BCUT2D eigenvalue weighted by atomic mass is 79.9. The van der Waals surface area contributed by atoms with E-state index in [2.05, 4.69) is 28.1 Å². The minimum Gasteiger partial charge on any atom is -0.396 e. The summed E-state index contributed by atoms with van der Waals surface area (Å²) in [5.74, 6) is 0. The Morgan fingerprint density at radius 2 is 1.46 bits per heavy atom. The molecule has 0 atom stereocenters. The number of aliphatic hydroxyl groups is 1. The Hall–Kier alpha value is 0.180. The average Bonchev–Trinajstić information content (AvgIpc) is 2.16. The van der Waals surface area contributed by atoms with Crippen LogP contribution in [-0.4, -0.2) is 17.0 Å². The fourth-order valence-electron chi connectivity index (χ4n) is 1.26. The van der Waals surface area contributed by atoms with Gasteiger partial charge in [-0.1, -0.05) is 53.8 Å². The lowest BCUT2D eigenvalue weighted by Crippen LogP contribution is -1.83. The molecule has 0 radical (unpaired) electrons. The van der Waals surface area contributed by atoms with Gasteiger partial charge in [-0.15, -0.1) is 0 Å². The van der Waals surface area contributed by atoms with Crippen molar-refractivity contribution in [3.8, 4) is 0 Å². The van der Waals surface area contributed by atoms with E-state index in [1.807, 2.05) is 0 Å². The van der Waals surface area contributed by atoms with Gasteiger partial charge in [-0.25, -0.2) is 0 Å². The van der Waals surface area contributed by atoms with Gasteiger partial charge in [0.25, 0.3) is 0 Å². The first-order chi connectivity index (χ1) is 6.41. The zero-order chi connectivity index (χ0) is 9.78. The summed E-state index contributed by atoms with van der Waals surface area (Å²) in [6.45, 7) is 0.355. The summed E-state index contributed by atoms with van der Waals surface area (Å²) in [6, 6.07) is 0. The molecule has 1 nitrogen and oxygen atoms in total. The lowest BCUT2D eigenvalue weighted by Gasteiger charge is -1.98. The molecule has 2 heteroatoms. The molecule has 0 unspecified atom stereocenters. The van der Waals surface area contributed by atoms with Crippen LogP contribution in [-0.2, 0) is 0 Å². The summed E-state index contributed by atoms with van der Waals surface area (Å²) in [5.41, 5.74) is 0. The molecule has 0 aromatic heterocycles. The molecule has 0 saturated carbocycles. The van der Waals surface area contributed by atoms with Crippen LogP contribution in [0, 0.1) is 0 Å². The molecule has 0 amide bonds. The molecule has 78 valence electrons. The summed E-state index contributed by atoms with van der Waals surface area (Å²) in [6.07, 6.45) is 13.0. The molecule has 0 aliphatic carbocycles. The highest BCUT2D eigenvalue weighted by molar-refractivity contribution is 9.09. The largest absolute Gasteiger partial charge is 0.396 e. The first-order valence-electron chi connectivity index (χ1n) is 5.23. The van der Waals surface area contributed by atoms with Gasteiger partial charge in [0.05, 0.1) is 0 Å². The molecule has 0 aliphatic rings. The fraction of sp³-hybridized carbons (Fsp3) is 0.818. The molecule has 0 heterocycles. The molecule has 0 rings (SSSR count). The second kappa shape index (κ2) is 12.2.